The highest BCUT2D eigenvalue weighted by molar-refractivity contribution is 7.80. The van der Waals surface area contributed by atoms with Gasteiger partial charge in [0, 0.05) is 16.1 Å². The van der Waals surface area contributed by atoms with E-state index < -0.39 is 0 Å². The van der Waals surface area contributed by atoms with E-state index in [0.717, 1.165) is 16.9 Å². The van der Waals surface area contributed by atoms with Crippen LogP contribution in [0, 0.1) is 6.92 Å². The average Bonchev–Trinajstić information content (AvgIpc) is 2.39. The van der Waals surface area contributed by atoms with Crippen LogP contribution in [-0.2, 0) is 6.61 Å². The highest BCUT2D eigenvalue weighted by Gasteiger charge is 2.04. The standard InChI is InChI=1S/C15H14ClNOS/c1-10-2-6-13(7-3-10)18-9-12-5-4-11(15(17)19)8-14(12)16/h2-8H,9H2,1H3,(H2,17,19). The van der Waals surface area contributed by atoms with Gasteiger partial charge in [0.05, 0.1) is 0 Å². The van der Waals surface area contributed by atoms with Gasteiger partial charge >= 0.3 is 0 Å². The van der Waals surface area contributed by atoms with Gasteiger partial charge in [-0.25, -0.2) is 0 Å². The van der Waals surface area contributed by atoms with Crippen molar-refractivity contribution in [2.45, 2.75) is 13.5 Å². The number of nitrogens with two attached hydrogens (primary N) is 1. The lowest BCUT2D eigenvalue weighted by Gasteiger charge is -2.09. The minimum absolute atomic E-state index is 0.341. The molecule has 2 aromatic rings. The van der Waals surface area contributed by atoms with Gasteiger partial charge in [0.2, 0.25) is 0 Å². The van der Waals surface area contributed by atoms with Crippen molar-refractivity contribution in [3.63, 3.8) is 0 Å². The van der Waals surface area contributed by atoms with Crippen molar-refractivity contribution in [2.75, 3.05) is 0 Å². The van der Waals surface area contributed by atoms with Gasteiger partial charge in [-0.3, -0.25) is 0 Å². The summed E-state index contributed by atoms with van der Waals surface area (Å²) in [5, 5.41) is 0.609. The lowest BCUT2D eigenvalue weighted by molar-refractivity contribution is 0.306. The Balaban J connectivity index is 2.07. The molecule has 19 heavy (non-hydrogen) atoms. The van der Waals surface area contributed by atoms with Crippen LogP contribution in [0.1, 0.15) is 16.7 Å². The van der Waals surface area contributed by atoms with E-state index in [1.54, 1.807) is 6.07 Å². The molecule has 2 rings (SSSR count). The number of ether oxygens (including phenoxy) is 1. The summed E-state index contributed by atoms with van der Waals surface area (Å²) in [4.78, 5) is 0.341. The Morgan fingerprint density at radius 1 is 1.21 bits per heavy atom. The summed E-state index contributed by atoms with van der Waals surface area (Å²) in [5.74, 6) is 0.820. The lowest BCUT2D eigenvalue weighted by Crippen LogP contribution is -2.09. The first-order valence-electron chi connectivity index (χ1n) is 5.84. The van der Waals surface area contributed by atoms with Crippen molar-refractivity contribution in [2.24, 2.45) is 5.73 Å². The fraction of sp³-hybridized carbons (Fsp3) is 0.133. The maximum absolute atomic E-state index is 6.17. The molecule has 2 aromatic carbocycles. The quantitative estimate of drug-likeness (QED) is 0.869. The van der Waals surface area contributed by atoms with E-state index >= 15 is 0 Å². The third-order valence-electron chi connectivity index (χ3n) is 2.75. The monoisotopic (exact) mass is 291 g/mol. The Kier molecular flexibility index (Phi) is 4.40. The van der Waals surface area contributed by atoms with Gasteiger partial charge in [-0.2, -0.15) is 0 Å². The van der Waals surface area contributed by atoms with E-state index in [4.69, 9.17) is 34.3 Å². The van der Waals surface area contributed by atoms with E-state index in [0.29, 0.717) is 16.6 Å². The highest BCUT2D eigenvalue weighted by Crippen LogP contribution is 2.20. The van der Waals surface area contributed by atoms with E-state index in [1.165, 1.54) is 5.56 Å². The number of thiocarbonyl (C=S) groups is 1. The average molecular weight is 292 g/mol. The molecule has 0 aliphatic heterocycles. The smallest absolute Gasteiger partial charge is 0.119 e. The molecule has 0 bridgehead atoms. The summed E-state index contributed by atoms with van der Waals surface area (Å²) in [7, 11) is 0. The van der Waals surface area contributed by atoms with E-state index in [9.17, 15) is 0 Å². The van der Waals surface area contributed by atoms with Gasteiger partial charge in [0.1, 0.15) is 17.3 Å². The van der Waals surface area contributed by atoms with Gasteiger partial charge < -0.3 is 10.5 Å². The van der Waals surface area contributed by atoms with Crippen LogP contribution in [-0.4, -0.2) is 4.99 Å². The predicted molar refractivity (Wildman–Crippen MR) is 82.9 cm³/mol. The Hall–Kier alpha value is -1.58. The van der Waals surface area contributed by atoms with Gasteiger partial charge in [0.15, 0.2) is 0 Å². The summed E-state index contributed by atoms with van der Waals surface area (Å²) < 4.78 is 5.68. The third-order valence-corrected chi connectivity index (χ3v) is 3.34. The van der Waals surface area contributed by atoms with Crippen LogP contribution in [0.2, 0.25) is 5.02 Å². The van der Waals surface area contributed by atoms with Crippen molar-refractivity contribution in [1.82, 2.24) is 0 Å². The Bertz CT molecular complexity index is 596. The molecule has 0 unspecified atom stereocenters. The van der Waals surface area contributed by atoms with Crippen LogP contribution < -0.4 is 10.5 Å². The number of benzene rings is 2. The van der Waals surface area contributed by atoms with Crippen molar-refractivity contribution >= 4 is 28.8 Å². The Morgan fingerprint density at radius 3 is 2.47 bits per heavy atom. The van der Waals surface area contributed by atoms with Gasteiger partial charge in [-0.15, -0.1) is 0 Å². The molecule has 0 aliphatic rings. The van der Waals surface area contributed by atoms with Gasteiger partial charge in [-0.1, -0.05) is 53.6 Å². The van der Waals surface area contributed by atoms with E-state index in [2.05, 4.69) is 0 Å². The minimum Gasteiger partial charge on any atom is -0.489 e. The number of halogens is 1. The summed E-state index contributed by atoms with van der Waals surface area (Å²) in [5.41, 5.74) is 8.42. The van der Waals surface area contributed by atoms with Crippen molar-refractivity contribution in [3.05, 3.63) is 64.2 Å². The van der Waals surface area contributed by atoms with E-state index in [1.807, 2.05) is 43.3 Å². The molecule has 2 nitrogen and oxygen atoms in total. The van der Waals surface area contributed by atoms with Crippen molar-refractivity contribution in [1.29, 1.82) is 0 Å². The SMILES string of the molecule is Cc1ccc(OCc2ccc(C(N)=S)cc2Cl)cc1. The van der Waals surface area contributed by atoms with Gasteiger partial charge in [0.25, 0.3) is 0 Å². The number of hydrogen-bond acceptors (Lipinski definition) is 2. The van der Waals surface area contributed by atoms with Crippen LogP contribution in [0.5, 0.6) is 5.75 Å². The fourth-order valence-electron chi connectivity index (χ4n) is 1.61. The molecule has 0 saturated heterocycles. The van der Waals surface area contributed by atoms with E-state index in [-0.39, 0.29) is 0 Å². The first-order chi connectivity index (χ1) is 9.06. The van der Waals surface area contributed by atoms with Crippen LogP contribution in [0.15, 0.2) is 42.5 Å². The third kappa shape index (κ3) is 3.69. The number of rotatable bonds is 4. The zero-order chi connectivity index (χ0) is 13.8. The second-order valence-corrected chi connectivity index (χ2v) is 5.12. The number of hydrogen-bond donors (Lipinski definition) is 1. The lowest BCUT2D eigenvalue weighted by atomic mass is 10.1. The van der Waals surface area contributed by atoms with Crippen molar-refractivity contribution < 1.29 is 4.74 Å². The molecule has 0 fully saturated rings. The van der Waals surface area contributed by atoms with Gasteiger partial charge in [-0.05, 0) is 25.1 Å². The van der Waals surface area contributed by atoms with Crippen LogP contribution in [0.4, 0.5) is 0 Å². The summed E-state index contributed by atoms with van der Waals surface area (Å²) in [6.07, 6.45) is 0. The largest absolute Gasteiger partial charge is 0.489 e. The normalized spacial score (nSPS) is 10.2. The predicted octanol–water partition coefficient (Wildman–Crippen LogP) is 3.86. The first kappa shape index (κ1) is 13.8. The number of aryl methyl sites for hydroxylation is 1. The molecule has 4 heteroatoms. The molecule has 0 spiro atoms. The maximum Gasteiger partial charge on any atom is 0.119 e. The molecular weight excluding hydrogens is 278 g/mol. The highest BCUT2D eigenvalue weighted by atomic mass is 35.5. The molecule has 0 amide bonds. The van der Waals surface area contributed by atoms with Crippen molar-refractivity contribution in [3.8, 4) is 5.75 Å². The second-order valence-electron chi connectivity index (χ2n) is 4.27. The molecule has 0 saturated carbocycles. The summed E-state index contributed by atoms with van der Waals surface area (Å²) >= 11 is 11.1. The molecule has 0 aliphatic carbocycles. The topological polar surface area (TPSA) is 35.2 Å². The van der Waals surface area contributed by atoms with Crippen LogP contribution in [0.25, 0.3) is 0 Å². The van der Waals surface area contributed by atoms with Crippen LogP contribution >= 0.6 is 23.8 Å². The maximum atomic E-state index is 6.17. The molecule has 0 atom stereocenters. The van der Waals surface area contributed by atoms with Crippen LogP contribution in [0.3, 0.4) is 0 Å². The second kappa shape index (κ2) is 6.04. The molecule has 0 radical (unpaired) electrons. The molecule has 98 valence electrons. The summed E-state index contributed by atoms with van der Waals surface area (Å²) in [6, 6.07) is 13.4. The fourth-order valence-corrected chi connectivity index (χ4v) is 1.98. The molecule has 0 heterocycles. The Labute approximate surface area is 123 Å². The first-order valence-corrected chi connectivity index (χ1v) is 6.62. The molecule has 0 aromatic heterocycles. The minimum atomic E-state index is 0.341. The molecular formula is C15H14ClNOS. The summed E-state index contributed by atoms with van der Waals surface area (Å²) in [6.45, 7) is 2.45. The Morgan fingerprint density at radius 2 is 1.89 bits per heavy atom. The molecule has 2 N–H and O–H groups in total. The zero-order valence-electron chi connectivity index (χ0n) is 10.5. The zero-order valence-corrected chi connectivity index (χ0v) is 12.1.